The smallest absolute Gasteiger partial charge is 0.321 e. The number of nitrogens with two attached hydrogens (primary N) is 1. The lowest BCUT2D eigenvalue weighted by molar-refractivity contribution is -0.139. The van der Waals surface area contributed by atoms with E-state index in [1.807, 2.05) is 4.72 Å². The molecule has 1 heterocycles. The highest BCUT2D eigenvalue weighted by molar-refractivity contribution is 9.10. The molecule has 0 aliphatic rings. The number of rotatable bonds is 7. The predicted octanol–water partition coefficient (Wildman–Crippen LogP) is 0.508. The Morgan fingerprint density at radius 2 is 2.16 bits per heavy atom. The number of sulfonamides is 1. The molecule has 0 saturated carbocycles. The number of carbonyl (C=O) groups is 2. The van der Waals surface area contributed by atoms with Gasteiger partial charge in [0.25, 0.3) is 10.0 Å². The molecular formula is C9H11BrN2O5S2. The van der Waals surface area contributed by atoms with E-state index in [0.29, 0.717) is 4.47 Å². The van der Waals surface area contributed by atoms with Crippen LogP contribution < -0.4 is 10.5 Å². The van der Waals surface area contributed by atoms with E-state index in [1.165, 1.54) is 0 Å². The Kier molecular flexibility index (Phi) is 5.47. The Morgan fingerprint density at radius 1 is 1.53 bits per heavy atom. The predicted molar refractivity (Wildman–Crippen MR) is 72.2 cm³/mol. The number of halogens is 1. The van der Waals surface area contributed by atoms with Crippen molar-refractivity contribution in [1.82, 2.24) is 4.72 Å². The average Bonchev–Trinajstić information content (AvgIpc) is 2.70. The second-order valence-electron chi connectivity index (χ2n) is 3.57. The van der Waals surface area contributed by atoms with Crippen LogP contribution in [0.15, 0.2) is 20.1 Å². The van der Waals surface area contributed by atoms with E-state index in [-0.39, 0.29) is 17.1 Å². The fourth-order valence-electron chi connectivity index (χ4n) is 1.23. The van der Waals surface area contributed by atoms with Crippen molar-refractivity contribution in [3.05, 3.63) is 15.9 Å². The molecule has 0 fully saturated rings. The number of aliphatic carboxylic acids is 1. The van der Waals surface area contributed by atoms with Gasteiger partial charge in [-0.25, -0.2) is 8.42 Å². The van der Waals surface area contributed by atoms with Gasteiger partial charge >= 0.3 is 5.97 Å². The first-order chi connectivity index (χ1) is 8.74. The van der Waals surface area contributed by atoms with Crippen molar-refractivity contribution in [3.8, 4) is 0 Å². The zero-order valence-electron chi connectivity index (χ0n) is 9.50. The van der Waals surface area contributed by atoms with Gasteiger partial charge in [-0.15, -0.1) is 11.3 Å². The lowest BCUT2D eigenvalue weighted by Crippen LogP contribution is -2.41. The van der Waals surface area contributed by atoms with Gasteiger partial charge in [0.15, 0.2) is 0 Å². The van der Waals surface area contributed by atoms with Crippen LogP contribution >= 0.6 is 27.3 Å². The summed E-state index contributed by atoms with van der Waals surface area (Å²) in [4.78, 5) is 21.6. The van der Waals surface area contributed by atoms with Crippen LogP contribution in [0.3, 0.4) is 0 Å². The molecule has 0 unspecified atom stereocenters. The third-order valence-corrected chi connectivity index (χ3v) is 6.25. The maximum atomic E-state index is 12.0. The quantitative estimate of drug-likeness (QED) is 0.644. The van der Waals surface area contributed by atoms with Crippen molar-refractivity contribution in [3.63, 3.8) is 0 Å². The largest absolute Gasteiger partial charge is 0.480 e. The summed E-state index contributed by atoms with van der Waals surface area (Å²) >= 11 is 4.01. The van der Waals surface area contributed by atoms with Crippen molar-refractivity contribution in [2.75, 3.05) is 0 Å². The number of nitrogens with one attached hydrogen (secondary N) is 1. The molecule has 106 valence electrons. The highest BCUT2D eigenvalue weighted by atomic mass is 79.9. The van der Waals surface area contributed by atoms with E-state index in [9.17, 15) is 18.0 Å². The van der Waals surface area contributed by atoms with Crippen LogP contribution in [0.25, 0.3) is 0 Å². The first kappa shape index (κ1) is 16.1. The summed E-state index contributed by atoms with van der Waals surface area (Å²) in [6.45, 7) is 0. The molecule has 0 bridgehead atoms. The Labute approximate surface area is 122 Å². The number of carboxylic acid groups (broad SMARTS) is 1. The number of primary amides is 1. The molecule has 7 nitrogen and oxygen atoms in total. The van der Waals surface area contributed by atoms with Crippen molar-refractivity contribution in [1.29, 1.82) is 0 Å². The van der Waals surface area contributed by atoms with E-state index in [1.54, 1.807) is 11.4 Å². The number of carbonyl (C=O) groups excluding carboxylic acids is 1. The molecule has 0 spiro atoms. The summed E-state index contributed by atoms with van der Waals surface area (Å²) in [6.07, 6.45) is -0.419. The van der Waals surface area contributed by atoms with Crippen LogP contribution in [0.1, 0.15) is 12.8 Å². The van der Waals surface area contributed by atoms with Crippen molar-refractivity contribution < 1.29 is 23.1 Å². The van der Waals surface area contributed by atoms with Crippen LogP contribution in [0.2, 0.25) is 0 Å². The molecule has 19 heavy (non-hydrogen) atoms. The summed E-state index contributed by atoms with van der Waals surface area (Å²) in [5, 5.41) is 10.5. The lowest BCUT2D eigenvalue weighted by atomic mass is 10.2. The molecule has 0 saturated heterocycles. The van der Waals surface area contributed by atoms with Crippen LogP contribution in [0, 0.1) is 0 Å². The average molecular weight is 371 g/mol. The Bertz CT molecular complexity index is 583. The van der Waals surface area contributed by atoms with E-state index >= 15 is 0 Å². The van der Waals surface area contributed by atoms with Gasteiger partial charge in [-0.1, -0.05) is 0 Å². The van der Waals surface area contributed by atoms with Crippen molar-refractivity contribution in [2.24, 2.45) is 5.73 Å². The van der Waals surface area contributed by atoms with E-state index in [2.05, 4.69) is 15.9 Å². The van der Waals surface area contributed by atoms with Gasteiger partial charge in [0.1, 0.15) is 10.3 Å². The van der Waals surface area contributed by atoms with Crippen LogP contribution in [-0.2, 0) is 19.6 Å². The molecular weight excluding hydrogens is 360 g/mol. The molecule has 0 aromatic carbocycles. The monoisotopic (exact) mass is 370 g/mol. The first-order valence-electron chi connectivity index (χ1n) is 5.00. The summed E-state index contributed by atoms with van der Waals surface area (Å²) in [6, 6.07) is 0.143. The van der Waals surface area contributed by atoms with Gasteiger partial charge < -0.3 is 10.8 Å². The molecule has 0 aliphatic carbocycles. The second kappa shape index (κ2) is 6.46. The Hall–Kier alpha value is -0.970. The van der Waals surface area contributed by atoms with Gasteiger partial charge in [0.2, 0.25) is 5.91 Å². The zero-order valence-corrected chi connectivity index (χ0v) is 12.7. The molecule has 1 rings (SSSR count). The zero-order chi connectivity index (χ0) is 14.6. The van der Waals surface area contributed by atoms with E-state index in [4.69, 9.17) is 10.8 Å². The van der Waals surface area contributed by atoms with E-state index < -0.39 is 27.9 Å². The second-order valence-corrected chi connectivity index (χ2v) is 7.25. The van der Waals surface area contributed by atoms with Gasteiger partial charge in [-0.2, -0.15) is 4.72 Å². The molecule has 0 aliphatic heterocycles. The van der Waals surface area contributed by atoms with Gasteiger partial charge in [-0.3, -0.25) is 9.59 Å². The molecule has 10 heteroatoms. The summed E-state index contributed by atoms with van der Waals surface area (Å²) in [7, 11) is -3.95. The molecule has 1 aromatic rings. The van der Waals surface area contributed by atoms with Gasteiger partial charge in [0.05, 0.1) is 0 Å². The van der Waals surface area contributed by atoms with E-state index in [0.717, 1.165) is 11.3 Å². The first-order valence-corrected chi connectivity index (χ1v) is 8.16. The van der Waals surface area contributed by atoms with Gasteiger partial charge in [0, 0.05) is 10.9 Å². The van der Waals surface area contributed by atoms with Crippen molar-refractivity contribution >= 4 is 49.2 Å². The fraction of sp³-hybridized carbons (Fsp3) is 0.333. The number of hydrogen-bond acceptors (Lipinski definition) is 5. The summed E-state index contributed by atoms with van der Waals surface area (Å²) in [5.41, 5.74) is 4.91. The number of thiophene rings is 1. The van der Waals surface area contributed by atoms with Crippen LogP contribution in [0.4, 0.5) is 0 Å². The Morgan fingerprint density at radius 3 is 2.58 bits per heavy atom. The van der Waals surface area contributed by atoms with Crippen molar-refractivity contribution in [2.45, 2.75) is 23.1 Å². The minimum atomic E-state index is -3.95. The maximum Gasteiger partial charge on any atom is 0.321 e. The molecule has 1 atom stereocenters. The third kappa shape index (κ3) is 4.56. The summed E-state index contributed by atoms with van der Waals surface area (Å²) < 4.78 is 26.3. The molecule has 0 radical (unpaired) electrons. The maximum absolute atomic E-state index is 12.0. The number of carboxylic acids is 1. The summed E-state index contributed by atoms with van der Waals surface area (Å²) in [5.74, 6) is -2.06. The normalized spacial score (nSPS) is 13.1. The fourth-order valence-corrected chi connectivity index (χ4v) is 4.81. The minimum absolute atomic E-state index is 0.0159. The minimum Gasteiger partial charge on any atom is -0.480 e. The molecule has 1 aromatic heterocycles. The number of hydrogen-bond donors (Lipinski definition) is 3. The van der Waals surface area contributed by atoms with Crippen LogP contribution in [-0.4, -0.2) is 31.4 Å². The third-order valence-electron chi connectivity index (χ3n) is 2.10. The number of amides is 1. The molecule has 4 N–H and O–H groups in total. The Balaban J connectivity index is 2.87. The lowest BCUT2D eigenvalue weighted by Gasteiger charge is -2.13. The highest BCUT2D eigenvalue weighted by Crippen LogP contribution is 2.27. The topological polar surface area (TPSA) is 127 Å². The SMILES string of the molecule is NC(=O)CC[C@H](NS(=O)(=O)c1sccc1Br)C(=O)O. The standard InChI is InChI=1S/C9H11BrN2O5S2/c10-5-3-4-18-9(5)19(16,17)12-6(8(14)15)1-2-7(11)13/h3-4,6,12H,1-2H2,(H2,11,13)(H,14,15)/t6-/m0/s1. The highest BCUT2D eigenvalue weighted by Gasteiger charge is 2.27. The molecule has 1 amide bonds. The van der Waals surface area contributed by atoms with Crippen LogP contribution in [0.5, 0.6) is 0 Å². The van der Waals surface area contributed by atoms with Gasteiger partial charge in [-0.05, 0) is 33.8 Å².